The van der Waals surface area contributed by atoms with E-state index in [1.807, 2.05) is 66.9 Å². The van der Waals surface area contributed by atoms with Gasteiger partial charge in [0.1, 0.15) is 5.69 Å². The van der Waals surface area contributed by atoms with Gasteiger partial charge in [-0.05, 0) is 42.4 Å². The molecule has 0 aliphatic heterocycles. The second-order valence-electron chi connectivity index (χ2n) is 6.18. The van der Waals surface area contributed by atoms with Crippen molar-refractivity contribution in [2.24, 2.45) is 0 Å². The van der Waals surface area contributed by atoms with Crippen LogP contribution >= 0.6 is 23.6 Å². The summed E-state index contributed by atoms with van der Waals surface area (Å²) in [5.41, 5.74) is 3.70. The number of aryl methyl sites for hydroxylation is 1. The summed E-state index contributed by atoms with van der Waals surface area (Å²) < 4.78 is 5.22. The van der Waals surface area contributed by atoms with Crippen molar-refractivity contribution >= 4 is 40.3 Å². The Hall–Kier alpha value is -3.36. The van der Waals surface area contributed by atoms with E-state index in [1.54, 1.807) is 6.07 Å². The lowest BCUT2D eigenvalue weighted by Gasteiger charge is -2.10. The molecule has 0 atom stereocenters. The standard InChI is InChI=1S/C21H16N4O2S2/c1-13-22-18(12-29-13)19-11-17(25-27-19)20(26)24-21(28)23-16-9-5-8-15(10-16)14-6-3-2-4-7-14/h2-12H,1H3,(H2,23,24,26,28). The van der Waals surface area contributed by atoms with Crippen molar-refractivity contribution in [3.8, 4) is 22.6 Å². The van der Waals surface area contributed by atoms with Gasteiger partial charge in [0.05, 0.1) is 5.01 Å². The number of carbonyl (C=O) groups excluding carboxylic acids is 1. The van der Waals surface area contributed by atoms with Gasteiger partial charge in [-0.25, -0.2) is 4.98 Å². The van der Waals surface area contributed by atoms with E-state index >= 15 is 0 Å². The number of anilines is 1. The number of benzene rings is 2. The predicted molar refractivity (Wildman–Crippen MR) is 118 cm³/mol. The van der Waals surface area contributed by atoms with Gasteiger partial charge in [-0.1, -0.05) is 47.6 Å². The molecule has 0 saturated carbocycles. The summed E-state index contributed by atoms with van der Waals surface area (Å²) in [7, 11) is 0. The number of amides is 1. The number of thiocarbonyl (C=S) groups is 1. The number of hydrogen-bond donors (Lipinski definition) is 2. The Labute approximate surface area is 176 Å². The van der Waals surface area contributed by atoms with Gasteiger partial charge in [0.25, 0.3) is 5.91 Å². The number of thiazole rings is 1. The summed E-state index contributed by atoms with van der Waals surface area (Å²) in [6.45, 7) is 1.90. The molecule has 0 aliphatic rings. The summed E-state index contributed by atoms with van der Waals surface area (Å²) in [5, 5.41) is 12.4. The molecule has 0 unspecified atom stereocenters. The number of hydrogen-bond acceptors (Lipinski definition) is 6. The van der Waals surface area contributed by atoms with Gasteiger partial charge >= 0.3 is 0 Å². The van der Waals surface area contributed by atoms with Gasteiger partial charge in [-0.15, -0.1) is 11.3 Å². The third-order valence-corrected chi connectivity index (χ3v) is 5.05. The minimum absolute atomic E-state index is 0.132. The molecule has 2 heterocycles. The smallest absolute Gasteiger partial charge is 0.279 e. The first-order chi connectivity index (χ1) is 14.1. The van der Waals surface area contributed by atoms with Crippen molar-refractivity contribution in [3.05, 3.63) is 76.7 Å². The Kier molecular flexibility index (Phi) is 5.46. The largest absolute Gasteiger partial charge is 0.354 e. The second-order valence-corrected chi connectivity index (χ2v) is 7.65. The Bertz CT molecular complexity index is 1170. The highest BCUT2D eigenvalue weighted by atomic mass is 32.1. The highest BCUT2D eigenvalue weighted by molar-refractivity contribution is 7.80. The number of nitrogens with one attached hydrogen (secondary N) is 2. The molecule has 4 rings (SSSR count). The molecule has 8 heteroatoms. The molecule has 4 aromatic rings. The molecule has 0 aliphatic carbocycles. The fourth-order valence-corrected chi connectivity index (χ4v) is 3.53. The number of aromatic nitrogens is 2. The molecule has 29 heavy (non-hydrogen) atoms. The van der Waals surface area contributed by atoms with E-state index in [0.717, 1.165) is 21.8 Å². The first kappa shape index (κ1) is 19.0. The zero-order chi connectivity index (χ0) is 20.2. The molecule has 0 fully saturated rings. The monoisotopic (exact) mass is 420 g/mol. The van der Waals surface area contributed by atoms with E-state index in [2.05, 4.69) is 20.8 Å². The molecule has 2 aromatic heterocycles. The zero-order valence-corrected chi connectivity index (χ0v) is 17.0. The lowest BCUT2D eigenvalue weighted by molar-refractivity contribution is 0.0969. The quantitative estimate of drug-likeness (QED) is 0.457. The van der Waals surface area contributed by atoms with E-state index in [1.165, 1.54) is 11.3 Å². The average molecular weight is 421 g/mol. The maximum Gasteiger partial charge on any atom is 0.279 e. The molecular formula is C21H16N4O2S2. The predicted octanol–water partition coefficient (Wildman–Crippen LogP) is 4.90. The third-order valence-electron chi connectivity index (χ3n) is 4.07. The van der Waals surface area contributed by atoms with Crippen LogP contribution in [0, 0.1) is 6.92 Å². The normalized spacial score (nSPS) is 10.5. The Morgan fingerprint density at radius 3 is 2.62 bits per heavy atom. The van der Waals surface area contributed by atoms with Crippen molar-refractivity contribution < 1.29 is 9.32 Å². The SMILES string of the molecule is Cc1nc(-c2cc(C(=O)NC(=S)Nc3cccc(-c4ccccc4)c3)no2)cs1. The molecule has 2 aromatic carbocycles. The lowest BCUT2D eigenvalue weighted by Crippen LogP contribution is -2.34. The fraction of sp³-hybridized carbons (Fsp3) is 0.0476. The van der Waals surface area contributed by atoms with Crippen molar-refractivity contribution in [1.82, 2.24) is 15.5 Å². The van der Waals surface area contributed by atoms with Gasteiger partial charge in [0, 0.05) is 17.1 Å². The van der Waals surface area contributed by atoms with Crippen LogP contribution in [-0.2, 0) is 0 Å². The van der Waals surface area contributed by atoms with Crippen molar-refractivity contribution in [2.75, 3.05) is 5.32 Å². The maximum absolute atomic E-state index is 12.4. The van der Waals surface area contributed by atoms with Crippen LogP contribution in [0.3, 0.4) is 0 Å². The van der Waals surface area contributed by atoms with Crippen molar-refractivity contribution in [3.63, 3.8) is 0 Å². The number of carbonyl (C=O) groups is 1. The van der Waals surface area contributed by atoms with Crippen LogP contribution in [0.5, 0.6) is 0 Å². The van der Waals surface area contributed by atoms with Gasteiger partial charge in [-0.3, -0.25) is 10.1 Å². The van der Waals surface area contributed by atoms with Gasteiger partial charge in [0.15, 0.2) is 16.6 Å². The van der Waals surface area contributed by atoms with Gasteiger partial charge in [0.2, 0.25) is 0 Å². The Morgan fingerprint density at radius 1 is 1.07 bits per heavy atom. The van der Waals surface area contributed by atoms with Crippen LogP contribution in [0.15, 0.2) is 70.6 Å². The molecule has 0 saturated heterocycles. The topological polar surface area (TPSA) is 80.0 Å². The molecule has 1 amide bonds. The zero-order valence-electron chi connectivity index (χ0n) is 15.4. The van der Waals surface area contributed by atoms with Crippen molar-refractivity contribution in [1.29, 1.82) is 0 Å². The summed E-state index contributed by atoms with van der Waals surface area (Å²) in [4.78, 5) is 16.7. The van der Waals surface area contributed by atoms with Crippen LogP contribution in [0.25, 0.3) is 22.6 Å². The summed E-state index contributed by atoms with van der Waals surface area (Å²) >= 11 is 6.76. The number of nitrogens with zero attached hydrogens (tertiary/aromatic N) is 2. The average Bonchev–Trinajstić information content (AvgIpc) is 3.38. The highest BCUT2D eigenvalue weighted by Gasteiger charge is 2.16. The van der Waals surface area contributed by atoms with Crippen LogP contribution in [-0.4, -0.2) is 21.2 Å². The van der Waals surface area contributed by atoms with E-state index in [0.29, 0.717) is 11.5 Å². The lowest BCUT2D eigenvalue weighted by atomic mass is 10.1. The third kappa shape index (κ3) is 4.56. The Morgan fingerprint density at radius 2 is 1.86 bits per heavy atom. The summed E-state index contributed by atoms with van der Waals surface area (Å²) in [5.74, 6) is -0.0161. The summed E-state index contributed by atoms with van der Waals surface area (Å²) in [6, 6.07) is 19.3. The highest BCUT2D eigenvalue weighted by Crippen LogP contribution is 2.23. The molecule has 2 N–H and O–H groups in total. The Balaban J connectivity index is 1.41. The fourth-order valence-electron chi connectivity index (χ4n) is 2.72. The molecule has 0 radical (unpaired) electrons. The minimum Gasteiger partial charge on any atom is -0.354 e. The molecule has 0 spiro atoms. The number of rotatable bonds is 4. The molecular weight excluding hydrogens is 404 g/mol. The van der Waals surface area contributed by atoms with E-state index in [9.17, 15) is 4.79 Å². The van der Waals surface area contributed by atoms with Crippen LogP contribution in [0.2, 0.25) is 0 Å². The van der Waals surface area contributed by atoms with Gasteiger partial charge < -0.3 is 9.84 Å². The molecule has 6 nitrogen and oxygen atoms in total. The summed E-state index contributed by atoms with van der Waals surface area (Å²) in [6.07, 6.45) is 0. The maximum atomic E-state index is 12.4. The van der Waals surface area contributed by atoms with Gasteiger partial charge in [-0.2, -0.15) is 0 Å². The first-order valence-electron chi connectivity index (χ1n) is 8.75. The van der Waals surface area contributed by atoms with Crippen LogP contribution in [0.4, 0.5) is 5.69 Å². The minimum atomic E-state index is -0.455. The van der Waals surface area contributed by atoms with E-state index in [-0.39, 0.29) is 10.8 Å². The van der Waals surface area contributed by atoms with Crippen molar-refractivity contribution in [2.45, 2.75) is 6.92 Å². The van der Waals surface area contributed by atoms with Crippen LogP contribution in [0.1, 0.15) is 15.5 Å². The molecule has 144 valence electrons. The van der Waals surface area contributed by atoms with E-state index < -0.39 is 5.91 Å². The van der Waals surface area contributed by atoms with Crippen LogP contribution < -0.4 is 10.6 Å². The first-order valence-corrected chi connectivity index (χ1v) is 10.0. The molecule has 0 bridgehead atoms. The van der Waals surface area contributed by atoms with E-state index in [4.69, 9.17) is 16.7 Å². The second kappa shape index (κ2) is 8.34.